The quantitative estimate of drug-likeness (QED) is 0.694. The predicted molar refractivity (Wildman–Crippen MR) is 60.5 cm³/mol. The summed E-state index contributed by atoms with van der Waals surface area (Å²) >= 11 is 1.81. The largest absolute Gasteiger partial charge is 0.298 e. The van der Waals surface area contributed by atoms with Crippen molar-refractivity contribution in [3.63, 3.8) is 0 Å². The Hall–Kier alpha value is -0.670. The molecule has 0 spiro atoms. The van der Waals surface area contributed by atoms with Gasteiger partial charge in [0.15, 0.2) is 0 Å². The Kier molecular flexibility index (Phi) is 2.99. The lowest BCUT2D eigenvalue weighted by atomic mass is 10.1. The van der Waals surface area contributed by atoms with Crippen molar-refractivity contribution in [2.45, 2.75) is 26.3 Å². The first-order valence-electron chi connectivity index (χ1n) is 5.04. The maximum absolute atomic E-state index is 4.27. The van der Waals surface area contributed by atoms with Crippen molar-refractivity contribution >= 4 is 11.3 Å². The van der Waals surface area contributed by atoms with Gasteiger partial charge in [-0.15, -0.1) is 11.3 Å². The molecule has 0 unspecified atom stereocenters. The number of rotatable bonds is 2. The maximum Gasteiger partial charge on any atom is 0.0897 e. The fourth-order valence-electron chi connectivity index (χ4n) is 1.73. The van der Waals surface area contributed by atoms with Gasteiger partial charge < -0.3 is 0 Å². The number of nitrogens with zero attached hydrogens (tertiary/aromatic N) is 2. The maximum atomic E-state index is 4.27. The van der Waals surface area contributed by atoms with E-state index in [1.807, 2.05) is 6.20 Å². The third-order valence-electron chi connectivity index (χ3n) is 2.61. The number of hydrogen-bond acceptors (Lipinski definition) is 3. The number of thiazole rings is 1. The van der Waals surface area contributed by atoms with Crippen LogP contribution in [-0.4, -0.2) is 23.0 Å². The van der Waals surface area contributed by atoms with E-state index in [1.54, 1.807) is 11.3 Å². The van der Waals surface area contributed by atoms with Crippen LogP contribution in [0.4, 0.5) is 0 Å². The Morgan fingerprint density at radius 1 is 1.50 bits per heavy atom. The fraction of sp³-hybridized carbons (Fsp3) is 0.545. The first kappa shape index (κ1) is 9.87. The summed E-state index contributed by atoms with van der Waals surface area (Å²) < 4.78 is 0. The van der Waals surface area contributed by atoms with E-state index in [0.717, 1.165) is 32.5 Å². The Morgan fingerprint density at radius 2 is 2.21 bits per heavy atom. The second-order valence-corrected chi connectivity index (χ2v) is 5.19. The van der Waals surface area contributed by atoms with E-state index in [1.165, 1.54) is 15.5 Å². The summed E-state index contributed by atoms with van der Waals surface area (Å²) in [5.41, 5.74) is 1.40. The van der Waals surface area contributed by atoms with Crippen molar-refractivity contribution in [1.29, 1.82) is 0 Å². The molecule has 0 N–H and O–H groups in total. The zero-order valence-electron chi connectivity index (χ0n) is 8.62. The molecule has 0 bridgehead atoms. The molecule has 0 amide bonds. The Morgan fingerprint density at radius 3 is 2.79 bits per heavy atom. The second-order valence-electron chi connectivity index (χ2n) is 3.87. The van der Waals surface area contributed by atoms with Gasteiger partial charge in [0.05, 0.1) is 5.01 Å². The minimum atomic E-state index is 1.07. The molecule has 1 fully saturated rings. The number of aryl methyl sites for hydroxylation is 1. The molecule has 1 aromatic heterocycles. The van der Waals surface area contributed by atoms with E-state index < -0.39 is 0 Å². The van der Waals surface area contributed by atoms with E-state index in [2.05, 4.69) is 23.4 Å². The fourth-order valence-corrected chi connectivity index (χ4v) is 2.56. The second kappa shape index (κ2) is 4.24. The van der Waals surface area contributed by atoms with Crippen molar-refractivity contribution in [2.75, 3.05) is 13.1 Å². The molecule has 1 aliphatic heterocycles. The zero-order valence-corrected chi connectivity index (χ0v) is 9.44. The van der Waals surface area contributed by atoms with Gasteiger partial charge in [-0.25, -0.2) is 4.98 Å². The molecular weight excluding hydrogens is 192 g/mol. The van der Waals surface area contributed by atoms with Gasteiger partial charge in [0, 0.05) is 30.7 Å². The minimum Gasteiger partial charge on any atom is -0.298 e. The van der Waals surface area contributed by atoms with E-state index in [0.29, 0.717) is 0 Å². The van der Waals surface area contributed by atoms with Crippen LogP contribution in [0.25, 0.3) is 0 Å². The van der Waals surface area contributed by atoms with Gasteiger partial charge in [0.1, 0.15) is 0 Å². The molecule has 0 radical (unpaired) electrons. The van der Waals surface area contributed by atoms with E-state index in [4.69, 9.17) is 0 Å². The molecule has 76 valence electrons. The van der Waals surface area contributed by atoms with E-state index >= 15 is 0 Å². The number of aromatic nitrogens is 1. The van der Waals surface area contributed by atoms with Crippen molar-refractivity contribution in [3.05, 3.63) is 28.2 Å². The third-order valence-corrected chi connectivity index (χ3v) is 3.51. The van der Waals surface area contributed by atoms with Gasteiger partial charge in [-0.1, -0.05) is 12.2 Å². The normalized spacial score (nSPS) is 18.8. The average Bonchev–Trinajstić information content (AvgIpc) is 2.56. The van der Waals surface area contributed by atoms with Crippen LogP contribution in [0, 0.1) is 6.92 Å². The minimum absolute atomic E-state index is 1.07. The van der Waals surface area contributed by atoms with Crippen molar-refractivity contribution in [1.82, 2.24) is 9.88 Å². The summed E-state index contributed by atoms with van der Waals surface area (Å²) in [6.45, 7) is 9.48. The van der Waals surface area contributed by atoms with E-state index in [9.17, 15) is 0 Å². The SMILES string of the molecule is C=C1CCN(Cc2cnc(C)s2)CC1. The summed E-state index contributed by atoms with van der Waals surface area (Å²) in [5.74, 6) is 0. The van der Waals surface area contributed by atoms with Crippen LogP contribution in [0.2, 0.25) is 0 Å². The molecule has 0 atom stereocenters. The molecule has 2 rings (SSSR count). The summed E-state index contributed by atoms with van der Waals surface area (Å²) in [6, 6.07) is 0. The molecule has 14 heavy (non-hydrogen) atoms. The summed E-state index contributed by atoms with van der Waals surface area (Å²) in [6.07, 6.45) is 4.33. The van der Waals surface area contributed by atoms with Gasteiger partial charge in [0.2, 0.25) is 0 Å². The average molecular weight is 208 g/mol. The highest BCUT2D eigenvalue weighted by atomic mass is 32.1. The van der Waals surface area contributed by atoms with Gasteiger partial charge in [-0.05, 0) is 19.8 Å². The van der Waals surface area contributed by atoms with Crippen LogP contribution < -0.4 is 0 Å². The van der Waals surface area contributed by atoms with Gasteiger partial charge in [-0.3, -0.25) is 4.90 Å². The molecule has 0 saturated carbocycles. The lowest BCUT2D eigenvalue weighted by Gasteiger charge is -2.27. The van der Waals surface area contributed by atoms with Crippen LogP contribution >= 0.6 is 11.3 Å². The van der Waals surface area contributed by atoms with Crippen molar-refractivity contribution < 1.29 is 0 Å². The lowest BCUT2D eigenvalue weighted by molar-refractivity contribution is 0.250. The van der Waals surface area contributed by atoms with E-state index in [-0.39, 0.29) is 0 Å². The molecule has 1 saturated heterocycles. The number of likely N-dealkylation sites (tertiary alicyclic amines) is 1. The van der Waals surface area contributed by atoms with Gasteiger partial charge in [0.25, 0.3) is 0 Å². The number of piperidine rings is 1. The summed E-state index contributed by atoms with van der Waals surface area (Å²) in [5, 5.41) is 1.17. The topological polar surface area (TPSA) is 16.1 Å². The van der Waals surface area contributed by atoms with Crippen LogP contribution in [0.15, 0.2) is 18.3 Å². The van der Waals surface area contributed by atoms with Gasteiger partial charge in [-0.2, -0.15) is 0 Å². The molecule has 1 aromatic rings. The molecule has 0 aromatic carbocycles. The molecular formula is C11H16N2S. The summed E-state index contributed by atoms with van der Waals surface area (Å²) in [4.78, 5) is 8.14. The Labute approximate surface area is 89.3 Å². The first-order valence-corrected chi connectivity index (χ1v) is 5.86. The Balaban J connectivity index is 1.89. The smallest absolute Gasteiger partial charge is 0.0897 e. The monoisotopic (exact) mass is 208 g/mol. The standard InChI is InChI=1S/C11H16N2S/c1-9-3-5-13(6-4-9)8-11-7-12-10(2)14-11/h7H,1,3-6,8H2,2H3. The molecule has 2 nitrogen and oxygen atoms in total. The predicted octanol–water partition coefficient (Wildman–Crippen LogP) is 2.60. The van der Waals surface area contributed by atoms with Crippen LogP contribution in [0.5, 0.6) is 0 Å². The van der Waals surface area contributed by atoms with Gasteiger partial charge >= 0.3 is 0 Å². The van der Waals surface area contributed by atoms with Crippen LogP contribution in [-0.2, 0) is 6.54 Å². The highest BCUT2D eigenvalue weighted by Crippen LogP contribution is 2.19. The zero-order chi connectivity index (χ0) is 9.97. The molecule has 3 heteroatoms. The van der Waals surface area contributed by atoms with Crippen molar-refractivity contribution in [3.8, 4) is 0 Å². The Bertz CT molecular complexity index is 320. The highest BCUT2D eigenvalue weighted by molar-refractivity contribution is 7.11. The lowest BCUT2D eigenvalue weighted by Crippen LogP contribution is -2.29. The van der Waals surface area contributed by atoms with Crippen LogP contribution in [0.3, 0.4) is 0 Å². The molecule has 1 aliphatic rings. The van der Waals surface area contributed by atoms with Crippen molar-refractivity contribution in [2.24, 2.45) is 0 Å². The van der Waals surface area contributed by atoms with Crippen LogP contribution in [0.1, 0.15) is 22.7 Å². The summed E-state index contributed by atoms with van der Waals surface area (Å²) in [7, 11) is 0. The molecule has 0 aliphatic carbocycles. The number of hydrogen-bond donors (Lipinski definition) is 0. The third kappa shape index (κ3) is 2.42. The first-order chi connectivity index (χ1) is 6.74. The highest BCUT2D eigenvalue weighted by Gasteiger charge is 2.13. The molecule has 2 heterocycles.